The maximum atomic E-state index is 11.5. The van der Waals surface area contributed by atoms with Crippen LogP contribution in [0.4, 0.5) is 5.82 Å². The van der Waals surface area contributed by atoms with E-state index in [0.717, 1.165) is 0 Å². The van der Waals surface area contributed by atoms with Crippen LogP contribution in [-0.2, 0) is 10.0 Å². The van der Waals surface area contributed by atoms with Crippen molar-refractivity contribution in [2.24, 2.45) is 5.84 Å². The first-order valence-electron chi connectivity index (χ1n) is 4.13. The second-order valence-corrected chi connectivity index (χ2v) is 4.43. The van der Waals surface area contributed by atoms with Gasteiger partial charge in [-0.2, -0.15) is 0 Å². The maximum Gasteiger partial charge on any atom is 0.242 e. The van der Waals surface area contributed by atoms with Gasteiger partial charge in [-0.1, -0.05) is 6.08 Å². The highest BCUT2D eigenvalue weighted by Crippen LogP contribution is 2.09. The maximum absolute atomic E-state index is 11.5. The highest BCUT2D eigenvalue weighted by molar-refractivity contribution is 7.89. The van der Waals surface area contributed by atoms with Gasteiger partial charge in [-0.25, -0.2) is 24.0 Å². The molecule has 0 spiro atoms. The zero-order valence-corrected chi connectivity index (χ0v) is 8.79. The normalized spacial score (nSPS) is 11.0. The number of hydrogen-bond donors (Lipinski definition) is 3. The zero-order valence-electron chi connectivity index (χ0n) is 7.97. The van der Waals surface area contributed by atoms with Gasteiger partial charge in [0.25, 0.3) is 0 Å². The first-order chi connectivity index (χ1) is 7.10. The molecule has 7 heteroatoms. The van der Waals surface area contributed by atoms with Gasteiger partial charge in [0.1, 0.15) is 10.7 Å². The van der Waals surface area contributed by atoms with Crippen molar-refractivity contribution in [2.75, 3.05) is 12.0 Å². The molecular weight excluding hydrogens is 216 g/mol. The number of rotatable bonds is 5. The molecule has 4 N–H and O–H groups in total. The van der Waals surface area contributed by atoms with Gasteiger partial charge >= 0.3 is 0 Å². The van der Waals surface area contributed by atoms with Gasteiger partial charge in [0.2, 0.25) is 10.0 Å². The van der Waals surface area contributed by atoms with Crippen molar-refractivity contribution in [3.8, 4) is 0 Å². The van der Waals surface area contributed by atoms with Crippen LogP contribution in [0.15, 0.2) is 35.9 Å². The molecule has 1 heterocycles. The molecule has 0 atom stereocenters. The molecule has 0 saturated heterocycles. The van der Waals surface area contributed by atoms with E-state index in [1.807, 2.05) is 0 Å². The van der Waals surface area contributed by atoms with Gasteiger partial charge in [0.05, 0.1) is 0 Å². The van der Waals surface area contributed by atoms with E-state index in [1.165, 1.54) is 24.4 Å². The van der Waals surface area contributed by atoms with Crippen molar-refractivity contribution in [1.82, 2.24) is 9.71 Å². The number of sulfonamides is 1. The van der Waals surface area contributed by atoms with Crippen LogP contribution in [0.2, 0.25) is 0 Å². The van der Waals surface area contributed by atoms with Crippen LogP contribution in [-0.4, -0.2) is 19.9 Å². The monoisotopic (exact) mass is 228 g/mol. The van der Waals surface area contributed by atoms with E-state index in [0.29, 0.717) is 5.82 Å². The summed E-state index contributed by atoms with van der Waals surface area (Å²) in [6, 6.07) is 2.89. The molecule has 82 valence electrons. The number of hydrazine groups is 1. The Morgan fingerprint density at radius 3 is 2.73 bits per heavy atom. The average molecular weight is 228 g/mol. The van der Waals surface area contributed by atoms with Crippen molar-refractivity contribution < 1.29 is 8.42 Å². The quantitative estimate of drug-likeness (QED) is 0.369. The predicted octanol–water partition coefficient (Wildman–Crippen LogP) is -0.168. The largest absolute Gasteiger partial charge is 0.308 e. The number of nitrogen functional groups attached to an aromatic ring is 1. The number of nitrogens with zero attached hydrogens (tertiary/aromatic N) is 1. The third kappa shape index (κ3) is 3.01. The minimum absolute atomic E-state index is 0.0864. The second kappa shape index (κ2) is 4.87. The first kappa shape index (κ1) is 11.6. The van der Waals surface area contributed by atoms with Crippen molar-refractivity contribution in [3.05, 3.63) is 31.0 Å². The molecule has 1 aromatic rings. The number of anilines is 1. The summed E-state index contributed by atoms with van der Waals surface area (Å²) < 4.78 is 25.4. The first-order valence-corrected chi connectivity index (χ1v) is 5.61. The molecule has 0 aliphatic carbocycles. The Morgan fingerprint density at radius 1 is 1.53 bits per heavy atom. The van der Waals surface area contributed by atoms with Gasteiger partial charge in [0, 0.05) is 12.7 Å². The fraction of sp³-hybridized carbons (Fsp3) is 0.125. The Kier molecular flexibility index (Phi) is 3.78. The summed E-state index contributed by atoms with van der Waals surface area (Å²) in [5, 5.41) is 0. The molecule has 1 aromatic heterocycles. The van der Waals surface area contributed by atoms with Crippen LogP contribution in [0.3, 0.4) is 0 Å². The molecule has 1 rings (SSSR count). The van der Waals surface area contributed by atoms with Gasteiger partial charge in [0.15, 0.2) is 0 Å². The lowest BCUT2D eigenvalue weighted by molar-refractivity contribution is 0.585. The van der Waals surface area contributed by atoms with E-state index in [4.69, 9.17) is 5.84 Å². The molecule has 0 amide bonds. The number of nitrogens with one attached hydrogen (secondary N) is 2. The molecule has 0 bridgehead atoms. The topological polar surface area (TPSA) is 97.1 Å². The van der Waals surface area contributed by atoms with Gasteiger partial charge < -0.3 is 5.43 Å². The smallest absolute Gasteiger partial charge is 0.242 e. The summed E-state index contributed by atoms with van der Waals surface area (Å²) in [4.78, 5) is 3.88. The van der Waals surface area contributed by atoms with Crippen molar-refractivity contribution in [2.45, 2.75) is 4.90 Å². The lowest BCUT2D eigenvalue weighted by Gasteiger charge is -2.04. The minimum atomic E-state index is -3.50. The van der Waals surface area contributed by atoms with E-state index < -0.39 is 10.0 Å². The molecule has 0 fully saturated rings. The van der Waals surface area contributed by atoms with Crippen molar-refractivity contribution in [1.29, 1.82) is 0 Å². The minimum Gasteiger partial charge on any atom is -0.308 e. The molecule has 6 nitrogen and oxygen atoms in total. The summed E-state index contributed by atoms with van der Waals surface area (Å²) in [6.07, 6.45) is 2.68. The Balaban J connectivity index is 2.90. The molecule has 0 aliphatic heterocycles. The number of pyridine rings is 1. The van der Waals surface area contributed by atoms with Crippen LogP contribution in [0.1, 0.15) is 0 Å². The molecule has 0 radical (unpaired) electrons. The van der Waals surface area contributed by atoms with E-state index >= 15 is 0 Å². The molecular formula is C8H12N4O2S. The highest BCUT2D eigenvalue weighted by Gasteiger charge is 2.12. The van der Waals surface area contributed by atoms with Crippen LogP contribution < -0.4 is 16.0 Å². The lowest BCUT2D eigenvalue weighted by atomic mass is 10.5. The average Bonchev–Trinajstić information content (AvgIpc) is 2.26. The second-order valence-electron chi connectivity index (χ2n) is 2.66. The van der Waals surface area contributed by atoms with Gasteiger partial charge in [-0.15, -0.1) is 6.58 Å². The van der Waals surface area contributed by atoms with Gasteiger partial charge in [-0.05, 0) is 12.1 Å². The number of nitrogens with two attached hydrogens (primary N) is 1. The van der Waals surface area contributed by atoms with Crippen molar-refractivity contribution >= 4 is 15.8 Å². The predicted molar refractivity (Wildman–Crippen MR) is 57.4 cm³/mol. The molecule has 0 saturated carbocycles. The summed E-state index contributed by atoms with van der Waals surface area (Å²) in [5.41, 5.74) is 2.31. The van der Waals surface area contributed by atoms with E-state index in [1.54, 1.807) is 0 Å². The Labute approximate surface area is 88.2 Å². The van der Waals surface area contributed by atoms with Crippen molar-refractivity contribution in [3.63, 3.8) is 0 Å². The standard InChI is InChI=1S/C8H12N4O2S/c1-2-5-11-15(13,14)7-3-4-8(12-9)10-6-7/h2-4,6,11H,1,5,9H2,(H,10,12). The fourth-order valence-corrected chi connectivity index (χ4v) is 1.82. The van der Waals surface area contributed by atoms with Crippen LogP contribution in [0, 0.1) is 0 Å². The van der Waals surface area contributed by atoms with E-state index in [9.17, 15) is 8.42 Å². The molecule has 0 aromatic carbocycles. The third-order valence-corrected chi connectivity index (χ3v) is 3.02. The number of hydrogen-bond acceptors (Lipinski definition) is 5. The van der Waals surface area contributed by atoms with Crippen LogP contribution >= 0.6 is 0 Å². The summed E-state index contributed by atoms with van der Waals surface area (Å²) >= 11 is 0. The number of aromatic nitrogens is 1. The van der Waals surface area contributed by atoms with Crippen LogP contribution in [0.25, 0.3) is 0 Å². The SMILES string of the molecule is C=CCNS(=O)(=O)c1ccc(NN)nc1. The molecule has 0 unspecified atom stereocenters. The Morgan fingerprint density at radius 2 is 2.27 bits per heavy atom. The van der Waals surface area contributed by atoms with E-state index in [2.05, 4.69) is 21.7 Å². The van der Waals surface area contributed by atoms with E-state index in [-0.39, 0.29) is 11.4 Å². The molecule has 15 heavy (non-hydrogen) atoms. The summed E-state index contributed by atoms with van der Waals surface area (Å²) in [7, 11) is -3.50. The van der Waals surface area contributed by atoms with Gasteiger partial charge in [-0.3, -0.25) is 0 Å². The summed E-state index contributed by atoms with van der Waals surface area (Å²) in [5.74, 6) is 5.50. The third-order valence-electron chi connectivity index (χ3n) is 1.61. The highest BCUT2D eigenvalue weighted by atomic mass is 32.2. The fourth-order valence-electron chi connectivity index (χ4n) is 0.877. The lowest BCUT2D eigenvalue weighted by Crippen LogP contribution is -2.23. The Hall–Kier alpha value is -1.44. The Bertz CT molecular complexity index is 426. The zero-order chi connectivity index (χ0) is 11.3. The summed E-state index contributed by atoms with van der Waals surface area (Å²) in [6.45, 7) is 3.60. The van der Waals surface area contributed by atoms with Crippen LogP contribution in [0.5, 0.6) is 0 Å². The molecule has 0 aliphatic rings.